The van der Waals surface area contributed by atoms with Gasteiger partial charge in [-0.1, -0.05) is 20.8 Å². The maximum atomic E-state index is 13.0. The zero-order chi connectivity index (χ0) is 23.1. The summed E-state index contributed by atoms with van der Waals surface area (Å²) >= 11 is 0. The predicted molar refractivity (Wildman–Crippen MR) is 130 cm³/mol. The van der Waals surface area contributed by atoms with Gasteiger partial charge in [-0.05, 0) is 112 Å². The molecule has 0 bridgehead atoms. The maximum Gasteiger partial charge on any atom is 0.330 e. The van der Waals surface area contributed by atoms with Gasteiger partial charge in [0.15, 0.2) is 0 Å². The van der Waals surface area contributed by atoms with Gasteiger partial charge in [0.1, 0.15) is 5.78 Å². The molecule has 0 aliphatic heterocycles. The first-order chi connectivity index (χ1) is 15.2. The molecule has 0 amide bonds. The van der Waals surface area contributed by atoms with E-state index in [0.29, 0.717) is 53.7 Å². The van der Waals surface area contributed by atoms with Crippen LogP contribution in [-0.4, -0.2) is 25.2 Å². The summed E-state index contributed by atoms with van der Waals surface area (Å²) in [6, 6.07) is 0. The maximum absolute atomic E-state index is 13.0. The molecule has 0 aromatic carbocycles. The lowest BCUT2D eigenvalue weighted by Crippen LogP contribution is -2.53. The van der Waals surface area contributed by atoms with Crippen LogP contribution in [0.5, 0.6) is 0 Å². The van der Waals surface area contributed by atoms with E-state index >= 15 is 0 Å². The summed E-state index contributed by atoms with van der Waals surface area (Å²) in [4.78, 5) is 12.1. The second-order valence-electron chi connectivity index (χ2n) is 12.1. The van der Waals surface area contributed by atoms with E-state index in [-0.39, 0.29) is 0 Å². The van der Waals surface area contributed by atoms with Crippen LogP contribution in [-0.2, 0) is 18.4 Å². The van der Waals surface area contributed by atoms with E-state index in [1.807, 2.05) is 13.8 Å². The molecule has 32 heavy (non-hydrogen) atoms. The zero-order valence-electron chi connectivity index (χ0n) is 21.2. The normalized spacial score (nSPS) is 42.8. The molecule has 0 radical (unpaired) electrons. The number of rotatable bonds is 8. The average molecular weight is 467 g/mol. The molecule has 0 heterocycles. The smallest absolute Gasteiger partial charge is 0.309 e. The molecule has 4 aliphatic rings. The Morgan fingerprint density at radius 2 is 1.66 bits per heavy atom. The minimum absolute atomic E-state index is 0.392. The molecule has 4 nitrogen and oxygen atoms in total. The molecule has 4 fully saturated rings. The topological polar surface area (TPSA) is 52.6 Å². The number of hydrogen-bond donors (Lipinski definition) is 0. The van der Waals surface area contributed by atoms with E-state index in [4.69, 9.17) is 9.05 Å². The molecule has 0 aromatic rings. The van der Waals surface area contributed by atoms with Gasteiger partial charge < -0.3 is 9.05 Å². The van der Waals surface area contributed by atoms with Crippen LogP contribution in [0.15, 0.2) is 0 Å². The van der Waals surface area contributed by atoms with Crippen LogP contribution in [0.1, 0.15) is 98.8 Å². The van der Waals surface area contributed by atoms with Gasteiger partial charge in [-0.15, -0.1) is 0 Å². The van der Waals surface area contributed by atoms with Gasteiger partial charge in [0, 0.05) is 12.8 Å². The summed E-state index contributed by atoms with van der Waals surface area (Å²) in [5.41, 5.74) is 0.805. The van der Waals surface area contributed by atoms with Gasteiger partial charge >= 0.3 is 7.60 Å². The van der Waals surface area contributed by atoms with Gasteiger partial charge in [0.2, 0.25) is 0 Å². The van der Waals surface area contributed by atoms with E-state index in [0.717, 1.165) is 43.4 Å². The van der Waals surface area contributed by atoms with E-state index in [2.05, 4.69) is 20.8 Å². The molecule has 184 valence electrons. The number of carbonyl (C=O) groups is 1. The lowest BCUT2D eigenvalue weighted by Gasteiger charge is -2.60. The number of Topliss-reactive ketones (excluding diaryl/α,β-unsaturated/α-hetero) is 1. The summed E-state index contributed by atoms with van der Waals surface area (Å²) in [7, 11) is -2.95. The second kappa shape index (κ2) is 9.46. The Balaban J connectivity index is 1.45. The highest BCUT2D eigenvalue weighted by atomic mass is 31.2. The van der Waals surface area contributed by atoms with E-state index in [1.54, 1.807) is 0 Å². The van der Waals surface area contributed by atoms with Gasteiger partial charge in [-0.25, -0.2) is 0 Å². The first kappa shape index (κ1) is 24.9. The predicted octanol–water partition coefficient (Wildman–Crippen LogP) is 7.51. The number of hydrogen-bond acceptors (Lipinski definition) is 4. The summed E-state index contributed by atoms with van der Waals surface area (Å²) in [5.74, 6) is 4.90. The van der Waals surface area contributed by atoms with Gasteiger partial charge in [0.05, 0.1) is 19.4 Å². The highest BCUT2D eigenvalue weighted by molar-refractivity contribution is 7.53. The SMILES string of the molecule is CCOP(=O)(CCC(C)C1CCC2C3CCC4CC(=O)CCC4(C)C3CCC12C)OCC. The lowest BCUT2D eigenvalue weighted by atomic mass is 9.44. The lowest BCUT2D eigenvalue weighted by molar-refractivity contribution is -0.140. The van der Waals surface area contributed by atoms with Crippen molar-refractivity contribution >= 4 is 13.4 Å². The Hall–Kier alpha value is -0.180. The fourth-order valence-corrected chi connectivity index (χ4v) is 11.0. The Bertz CT molecular complexity index is 727. The number of fused-ring (bicyclic) bond motifs is 5. The molecular weight excluding hydrogens is 419 g/mol. The van der Waals surface area contributed by atoms with E-state index < -0.39 is 7.60 Å². The summed E-state index contributed by atoms with van der Waals surface area (Å²) in [5, 5.41) is 0. The monoisotopic (exact) mass is 466 g/mol. The Morgan fingerprint density at radius 3 is 2.34 bits per heavy atom. The molecule has 4 rings (SSSR count). The molecule has 8 unspecified atom stereocenters. The molecule has 0 N–H and O–H groups in total. The summed E-state index contributed by atoms with van der Waals surface area (Å²) in [6.45, 7) is 12.2. The van der Waals surface area contributed by atoms with Gasteiger partial charge in [-0.2, -0.15) is 0 Å². The molecule has 5 heteroatoms. The van der Waals surface area contributed by atoms with Gasteiger partial charge in [-0.3, -0.25) is 9.36 Å². The van der Waals surface area contributed by atoms with Crippen LogP contribution in [0.2, 0.25) is 0 Å². The second-order valence-corrected chi connectivity index (χ2v) is 14.2. The van der Waals surface area contributed by atoms with Crippen LogP contribution in [0, 0.1) is 46.3 Å². The largest absolute Gasteiger partial charge is 0.330 e. The first-order valence-corrected chi connectivity index (χ1v) is 15.3. The van der Waals surface area contributed by atoms with E-state index in [1.165, 1.54) is 38.5 Å². The highest BCUT2D eigenvalue weighted by Crippen LogP contribution is 2.68. The fraction of sp³-hybridized carbons (Fsp3) is 0.963. The molecule has 0 aromatic heterocycles. The van der Waals surface area contributed by atoms with Crippen molar-refractivity contribution < 1.29 is 18.4 Å². The molecule has 0 spiro atoms. The van der Waals surface area contributed by atoms with Gasteiger partial charge in [0.25, 0.3) is 0 Å². The van der Waals surface area contributed by atoms with Crippen LogP contribution in [0.3, 0.4) is 0 Å². The van der Waals surface area contributed by atoms with Crippen molar-refractivity contribution in [1.82, 2.24) is 0 Å². The van der Waals surface area contributed by atoms with Crippen LogP contribution in [0.4, 0.5) is 0 Å². The van der Waals surface area contributed by atoms with Crippen LogP contribution >= 0.6 is 7.60 Å². The molecule has 4 aliphatic carbocycles. The van der Waals surface area contributed by atoms with Crippen molar-refractivity contribution in [3.05, 3.63) is 0 Å². The molecule has 4 saturated carbocycles. The first-order valence-electron chi connectivity index (χ1n) is 13.6. The quantitative estimate of drug-likeness (QED) is 0.347. The molecular formula is C27H47O4P. The Labute approximate surface area is 196 Å². The minimum Gasteiger partial charge on any atom is -0.309 e. The summed E-state index contributed by atoms with van der Waals surface area (Å²) in [6.07, 6.45) is 12.2. The van der Waals surface area contributed by atoms with Crippen LogP contribution < -0.4 is 0 Å². The molecule has 0 saturated heterocycles. The third kappa shape index (κ3) is 4.31. The standard InChI is InChI=1S/C27H47O4P/c1-6-30-32(29,31-7-2)17-14-19(3)23-10-11-24-22-9-8-20-18-21(28)12-15-26(20,4)25(22)13-16-27(23,24)5/h19-20,22-25H,6-18H2,1-5H3. The average Bonchev–Trinajstić information content (AvgIpc) is 3.10. The summed E-state index contributed by atoms with van der Waals surface area (Å²) < 4.78 is 24.1. The fourth-order valence-electron chi connectivity index (χ4n) is 9.14. The van der Waals surface area contributed by atoms with E-state index in [9.17, 15) is 9.36 Å². The van der Waals surface area contributed by atoms with Crippen molar-refractivity contribution in [1.29, 1.82) is 0 Å². The minimum atomic E-state index is -2.95. The third-order valence-electron chi connectivity index (χ3n) is 10.8. The van der Waals surface area contributed by atoms with Crippen LogP contribution in [0.25, 0.3) is 0 Å². The number of ketones is 1. The molecule has 8 atom stereocenters. The Kier molecular flexibility index (Phi) is 7.37. The number of carbonyl (C=O) groups excluding carboxylic acids is 1. The van der Waals surface area contributed by atoms with Crippen molar-refractivity contribution in [3.63, 3.8) is 0 Å². The highest BCUT2D eigenvalue weighted by Gasteiger charge is 2.60. The third-order valence-corrected chi connectivity index (χ3v) is 12.9. The van der Waals surface area contributed by atoms with Crippen molar-refractivity contribution in [2.24, 2.45) is 46.3 Å². The Morgan fingerprint density at radius 1 is 0.969 bits per heavy atom. The van der Waals surface area contributed by atoms with Crippen molar-refractivity contribution in [2.75, 3.05) is 19.4 Å². The van der Waals surface area contributed by atoms with Crippen molar-refractivity contribution in [2.45, 2.75) is 98.8 Å². The van der Waals surface area contributed by atoms with Crippen molar-refractivity contribution in [3.8, 4) is 0 Å². The zero-order valence-corrected chi connectivity index (χ0v) is 22.1.